The number of hydrogen-bond acceptors (Lipinski definition) is 2. The van der Waals surface area contributed by atoms with Crippen molar-refractivity contribution >= 4 is 0 Å². The van der Waals surface area contributed by atoms with Gasteiger partial charge in [-0.3, -0.25) is 4.84 Å². The molecule has 0 spiro atoms. The van der Waals surface area contributed by atoms with E-state index in [1.54, 1.807) is 7.05 Å². The van der Waals surface area contributed by atoms with Crippen molar-refractivity contribution in [3.63, 3.8) is 0 Å². The Morgan fingerprint density at radius 1 is 1.25 bits per heavy atom. The highest BCUT2D eigenvalue weighted by atomic mass is 16.6. The molecular weight excluding hydrogens is 150 g/mol. The molecule has 0 aliphatic heterocycles. The van der Waals surface area contributed by atoms with Crippen LogP contribution in [0.15, 0.2) is 24.3 Å². The normalized spacial score (nSPS) is 10.2. The van der Waals surface area contributed by atoms with Crippen LogP contribution in [-0.2, 0) is 17.9 Å². The quantitative estimate of drug-likeness (QED) is 0.688. The molecule has 0 atom stereocenters. The van der Waals surface area contributed by atoms with Gasteiger partial charge in [0, 0.05) is 7.05 Å². The summed E-state index contributed by atoms with van der Waals surface area (Å²) in [5.41, 5.74) is 5.28. The van der Waals surface area contributed by atoms with Gasteiger partial charge in [0.2, 0.25) is 0 Å². The summed E-state index contributed by atoms with van der Waals surface area (Å²) in [5.74, 6) is 0. The van der Waals surface area contributed by atoms with E-state index in [1.165, 1.54) is 11.1 Å². The lowest BCUT2D eigenvalue weighted by Gasteiger charge is -2.06. The van der Waals surface area contributed by atoms with E-state index in [9.17, 15) is 0 Å². The molecule has 0 saturated carbocycles. The van der Waals surface area contributed by atoms with E-state index in [1.807, 2.05) is 6.07 Å². The molecule has 1 aromatic carbocycles. The highest BCUT2D eigenvalue weighted by Crippen LogP contribution is 2.09. The molecule has 0 fully saturated rings. The SMILES string of the molecule is CCc1ccccc1CONC. The van der Waals surface area contributed by atoms with Crippen LogP contribution in [0.3, 0.4) is 0 Å². The first-order chi connectivity index (χ1) is 5.88. The molecule has 1 rings (SSSR count). The van der Waals surface area contributed by atoms with Crippen LogP contribution in [0.1, 0.15) is 18.1 Å². The van der Waals surface area contributed by atoms with Gasteiger partial charge < -0.3 is 0 Å². The van der Waals surface area contributed by atoms with Crippen molar-refractivity contribution in [3.8, 4) is 0 Å². The molecule has 2 heteroatoms. The summed E-state index contributed by atoms with van der Waals surface area (Å²) in [6.07, 6.45) is 1.06. The predicted octanol–water partition coefficient (Wildman–Crippen LogP) is 1.90. The lowest BCUT2D eigenvalue weighted by Crippen LogP contribution is -2.07. The van der Waals surface area contributed by atoms with E-state index in [0.717, 1.165) is 6.42 Å². The van der Waals surface area contributed by atoms with Crippen LogP contribution in [-0.4, -0.2) is 7.05 Å². The largest absolute Gasteiger partial charge is 0.297 e. The van der Waals surface area contributed by atoms with Crippen LogP contribution in [0.4, 0.5) is 0 Å². The Hall–Kier alpha value is -0.860. The second kappa shape index (κ2) is 4.91. The third-order valence-electron chi connectivity index (χ3n) is 1.87. The van der Waals surface area contributed by atoms with Crippen molar-refractivity contribution in [2.75, 3.05) is 7.05 Å². The van der Waals surface area contributed by atoms with Crippen molar-refractivity contribution in [3.05, 3.63) is 35.4 Å². The van der Waals surface area contributed by atoms with Gasteiger partial charge in [-0.15, -0.1) is 0 Å². The summed E-state index contributed by atoms with van der Waals surface area (Å²) in [4.78, 5) is 5.11. The molecule has 12 heavy (non-hydrogen) atoms. The molecule has 0 unspecified atom stereocenters. The maximum atomic E-state index is 5.11. The summed E-state index contributed by atoms with van der Waals surface area (Å²) in [5, 5.41) is 0. The molecule has 66 valence electrons. The first kappa shape index (κ1) is 9.23. The maximum Gasteiger partial charge on any atom is 0.0935 e. The minimum atomic E-state index is 0.639. The molecule has 0 amide bonds. The second-order valence-electron chi connectivity index (χ2n) is 2.62. The Bertz CT molecular complexity index is 235. The summed E-state index contributed by atoms with van der Waals surface area (Å²) in [6.45, 7) is 2.79. The third kappa shape index (κ3) is 2.32. The Morgan fingerprint density at radius 3 is 2.50 bits per heavy atom. The fourth-order valence-electron chi connectivity index (χ4n) is 1.19. The van der Waals surface area contributed by atoms with Crippen LogP contribution < -0.4 is 5.48 Å². The van der Waals surface area contributed by atoms with Crippen LogP contribution >= 0.6 is 0 Å². The van der Waals surface area contributed by atoms with Gasteiger partial charge in [-0.25, -0.2) is 5.48 Å². The Balaban J connectivity index is 2.68. The number of nitrogens with one attached hydrogen (secondary N) is 1. The van der Waals surface area contributed by atoms with E-state index in [-0.39, 0.29) is 0 Å². The van der Waals surface area contributed by atoms with Crippen LogP contribution in [0, 0.1) is 0 Å². The highest BCUT2D eigenvalue weighted by molar-refractivity contribution is 5.26. The van der Waals surface area contributed by atoms with Crippen LogP contribution in [0.2, 0.25) is 0 Å². The number of hydroxylamine groups is 1. The fraction of sp³-hybridized carbons (Fsp3) is 0.400. The van der Waals surface area contributed by atoms with Gasteiger partial charge in [-0.1, -0.05) is 31.2 Å². The molecule has 2 nitrogen and oxygen atoms in total. The van der Waals surface area contributed by atoms with Crippen molar-refractivity contribution in [1.82, 2.24) is 5.48 Å². The Kier molecular flexibility index (Phi) is 3.77. The zero-order chi connectivity index (χ0) is 8.81. The van der Waals surface area contributed by atoms with Crippen LogP contribution in [0.25, 0.3) is 0 Å². The predicted molar refractivity (Wildman–Crippen MR) is 49.7 cm³/mol. The van der Waals surface area contributed by atoms with E-state index < -0.39 is 0 Å². The Labute approximate surface area is 73.5 Å². The van der Waals surface area contributed by atoms with Gasteiger partial charge in [0.15, 0.2) is 0 Å². The average molecular weight is 165 g/mol. The third-order valence-corrected chi connectivity index (χ3v) is 1.87. The van der Waals surface area contributed by atoms with E-state index in [4.69, 9.17) is 4.84 Å². The van der Waals surface area contributed by atoms with Crippen molar-refractivity contribution in [1.29, 1.82) is 0 Å². The number of hydrogen-bond donors (Lipinski definition) is 1. The minimum absolute atomic E-state index is 0.639. The van der Waals surface area contributed by atoms with Crippen molar-refractivity contribution in [2.45, 2.75) is 20.0 Å². The molecule has 0 radical (unpaired) electrons. The topological polar surface area (TPSA) is 21.3 Å². The zero-order valence-corrected chi connectivity index (χ0v) is 7.63. The first-order valence-electron chi connectivity index (χ1n) is 4.23. The molecule has 0 heterocycles. The number of benzene rings is 1. The molecule has 0 bridgehead atoms. The summed E-state index contributed by atoms with van der Waals surface area (Å²) < 4.78 is 0. The van der Waals surface area contributed by atoms with E-state index in [0.29, 0.717) is 6.61 Å². The fourth-order valence-corrected chi connectivity index (χ4v) is 1.19. The summed E-state index contributed by atoms with van der Waals surface area (Å²) in [7, 11) is 1.77. The molecule has 1 N–H and O–H groups in total. The monoisotopic (exact) mass is 165 g/mol. The Morgan fingerprint density at radius 2 is 1.92 bits per heavy atom. The standard InChI is InChI=1S/C10H15NO/c1-3-9-6-4-5-7-10(9)8-12-11-2/h4-7,11H,3,8H2,1-2H3. The second-order valence-corrected chi connectivity index (χ2v) is 2.62. The minimum Gasteiger partial charge on any atom is -0.297 e. The van der Waals surface area contributed by atoms with Crippen molar-refractivity contribution in [2.24, 2.45) is 0 Å². The summed E-state index contributed by atoms with van der Waals surface area (Å²) >= 11 is 0. The number of aryl methyl sites for hydroxylation is 1. The van der Waals surface area contributed by atoms with Gasteiger partial charge in [-0.2, -0.15) is 0 Å². The van der Waals surface area contributed by atoms with E-state index >= 15 is 0 Å². The highest BCUT2D eigenvalue weighted by Gasteiger charge is 1.97. The molecule has 1 aromatic rings. The molecule has 0 aliphatic rings. The first-order valence-corrected chi connectivity index (χ1v) is 4.23. The smallest absolute Gasteiger partial charge is 0.0935 e. The molecule has 0 saturated heterocycles. The zero-order valence-electron chi connectivity index (χ0n) is 7.63. The van der Waals surface area contributed by atoms with E-state index in [2.05, 4.69) is 30.6 Å². The maximum absolute atomic E-state index is 5.11. The van der Waals surface area contributed by atoms with Gasteiger partial charge in [0.25, 0.3) is 0 Å². The lowest BCUT2D eigenvalue weighted by molar-refractivity contribution is 0.0440. The van der Waals surface area contributed by atoms with Gasteiger partial charge in [0.05, 0.1) is 6.61 Å². The molecular formula is C10H15NO. The van der Waals surface area contributed by atoms with Crippen LogP contribution in [0.5, 0.6) is 0 Å². The lowest BCUT2D eigenvalue weighted by atomic mass is 10.1. The average Bonchev–Trinajstić information content (AvgIpc) is 2.15. The van der Waals surface area contributed by atoms with Gasteiger partial charge >= 0.3 is 0 Å². The van der Waals surface area contributed by atoms with Gasteiger partial charge in [0.1, 0.15) is 0 Å². The van der Waals surface area contributed by atoms with Crippen molar-refractivity contribution < 1.29 is 4.84 Å². The number of rotatable bonds is 4. The molecule has 0 aromatic heterocycles. The van der Waals surface area contributed by atoms with Gasteiger partial charge in [-0.05, 0) is 17.5 Å². The molecule has 0 aliphatic carbocycles. The summed E-state index contributed by atoms with van der Waals surface area (Å²) in [6, 6.07) is 8.32.